The van der Waals surface area contributed by atoms with Crippen molar-refractivity contribution in [2.24, 2.45) is 0 Å². The fourth-order valence-corrected chi connectivity index (χ4v) is 2.91. The molecule has 4 rings (SSSR count). The summed E-state index contributed by atoms with van der Waals surface area (Å²) in [5.41, 5.74) is -1.51. The Morgan fingerprint density at radius 3 is 2.53 bits per heavy atom. The second-order valence-electron chi connectivity index (χ2n) is 6.36. The van der Waals surface area contributed by atoms with E-state index in [1.165, 1.54) is 30.9 Å². The number of halogens is 3. The minimum atomic E-state index is -4.84. The first-order valence-electron chi connectivity index (χ1n) is 8.98. The second-order valence-corrected chi connectivity index (χ2v) is 6.36. The van der Waals surface area contributed by atoms with Gasteiger partial charge in [-0.3, -0.25) is 14.5 Å². The van der Waals surface area contributed by atoms with Crippen LogP contribution >= 0.6 is 0 Å². The van der Waals surface area contributed by atoms with Crippen LogP contribution in [0.2, 0.25) is 0 Å². The molecule has 0 radical (unpaired) electrons. The maximum absolute atomic E-state index is 13.7. The smallest absolute Gasteiger partial charge is 0.320 e. The SMILES string of the molecule is N#Cc1cc(NC(=O)c2cnn(Cc3ccccn3)c2C(F)(F)F)cnc1-n1nccn1. The summed E-state index contributed by atoms with van der Waals surface area (Å²) in [6, 6.07) is 7.96. The number of nitrogens with one attached hydrogen (secondary N) is 1. The van der Waals surface area contributed by atoms with E-state index in [-0.39, 0.29) is 23.6 Å². The van der Waals surface area contributed by atoms with Crippen molar-refractivity contribution in [3.8, 4) is 11.9 Å². The zero-order valence-corrected chi connectivity index (χ0v) is 16.0. The lowest BCUT2D eigenvalue weighted by Gasteiger charge is -2.13. The van der Waals surface area contributed by atoms with Gasteiger partial charge in [0.1, 0.15) is 11.6 Å². The normalized spacial score (nSPS) is 11.2. The quantitative estimate of drug-likeness (QED) is 0.506. The third-order valence-electron chi connectivity index (χ3n) is 4.24. The number of pyridine rings is 2. The predicted molar refractivity (Wildman–Crippen MR) is 102 cm³/mol. The van der Waals surface area contributed by atoms with Crippen molar-refractivity contribution in [2.75, 3.05) is 5.32 Å². The van der Waals surface area contributed by atoms with Gasteiger partial charge >= 0.3 is 6.18 Å². The lowest BCUT2D eigenvalue weighted by Crippen LogP contribution is -2.22. The number of alkyl halides is 3. The minimum Gasteiger partial charge on any atom is -0.320 e. The topological polar surface area (TPSA) is 127 Å². The molecule has 0 saturated heterocycles. The van der Waals surface area contributed by atoms with Crippen molar-refractivity contribution in [3.63, 3.8) is 0 Å². The van der Waals surface area contributed by atoms with Gasteiger partial charge < -0.3 is 5.32 Å². The number of hydrogen-bond donors (Lipinski definition) is 1. The van der Waals surface area contributed by atoms with Crippen LogP contribution in [0, 0.1) is 11.3 Å². The van der Waals surface area contributed by atoms with Gasteiger partial charge in [-0.05, 0) is 18.2 Å². The van der Waals surface area contributed by atoms with E-state index < -0.39 is 23.3 Å². The van der Waals surface area contributed by atoms with Gasteiger partial charge in [0.25, 0.3) is 5.91 Å². The highest BCUT2D eigenvalue weighted by atomic mass is 19.4. The number of carbonyl (C=O) groups is 1. The van der Waals surface area contributed by atoms with E-state index in [2.05, 4.69) is 30.6 Å². The van der Waals surface area contributed by atoms with E-state index in [4.69, 9.17) is 0 Å². The Labute approximate surface area is 178 Å². The summed E-state index contributed by atoms with van der Waals surface area (Å²) < 4.78 is 41.9. The van der Waals surface area contributed by atoms with Crippen LogP contribution in [-0.4, -0.2) is 40.6 Å². The first kappa shape index (κ1) is 20.7. The molecule has 0 bridgehead atoms. The predicted octanol–water partition coefficient (Wildman–Crippen LogP) is 2.44. The van der Waals surface area contributed by atoms with Gasteiger partial charge in [0.05, 0.1) is 48.3 Å². The molecule has 0 aliphatic carbocycles. The largest absolute Gasteiger partial charge is 0.433 e. The van der Waals surface area contributed by atoms with Gasteiger partial charge in [-0.25, -0.2) is 4.98 Å². The fourth-order valence-electron chi connectivity index (χ4n) is 2.91. The standard InChI is InChI=1S/C19H12F3N9O/c20-19(21,22)16-15(10-28-30(16)11-13-3-1-2-4-24-13)18(32)29-14-7-12(8-23)17(25-9-14)31-26-5-6-27-31/h1-7,9-10H,11H2,(H,29,32). The molecule has 0 atom stereocenters. The number of hydrogen-bond acceptors (Lipinski definition) is 7. The molecule has 0 aliphatic rings. The number of amides is 1. The molecule has 160 valence electrons. The number of aromatic nitrogens is 7. The summed E-state index contributed by atoms with van der Waals surface area (Å²) in [6.45, 7) is -0.269. The zero-order valence-electron chi connectivity index (χ0n) is 16.0. The molecule has 4 heterocycles. The Hall–Kier alpha value is -4.60. The van der Waals surface area contributed by atoms with Crippen LogP contribution in [0.25, 0.3) is 5.82 Å². The van der Waals surface area contributed by atoms with E-state index >= 15 is 0 Å². The van der Waals surface area contributed by atoms with Crippen LogP contribution in [0.4, 0.5) is 18.9 Å². The summed E-state index contributed by atoms with van der Waals surface area (Å²) in [7, 11) is 0. The molecular formula is C19H12F3N9O. The van der Waals surface area contributed by atoms with E-state index in [1.807, 2.05) is 6.07 Å². The van der Waals surface area contributed by atoms with E-state index in [1.54, 1.807) is 18.2 Å². The number of nitrogens with zero attached hydrogens (tertiary/aromatic N) is 8. The van der Waals surface area contributed by atoms with Crippen molar-refractivity contribution in [3.05, 3.63) is 77.8 Å². The second kappa shape index (κ2) is 8.26. The van der Waals surface area contributed by atoms with Crippen molar-refractivity contribution in [2.45, 2.75) is 12.7 Å². The monoisotopic (exact) mass is 439 g/mol. The molecule has 4 aromatic rings. The van der Waals surface area contributed by atoms with Gasteiger partial charge in [0.2, 0.25) is 0 Å². The Bertz CT molecular complexity index is 1290. The molecule has 32 heavy (non-hydrogen) atoms. The lowest BCUT2D eigenvalue weighted by atomic mass is 10.2. The maximum Gasteiger partial charge on any atom is 0.433 e. The van der Waals surface area contributed by atoms with Crippen LogP contribution in [0.3, 0.4) is 0 Å². The first-order chi connectivity index (χ1) is 15.4. The van der Waals surface area contributed by atoms with Gasteiger partial charge in [-0.2, -0.15) is 33.7 Å². The summed E-state index contributed by atoms with van der Waals surface area (Å²) >= 11 is 0. The Balaban J connectivity index is 1.63. The molecule has 0 aliphatic heterocycles. The molecule has 13 heteroatoms. The summed E-state index contributed by atoms with van der Waals surface area (Å²) in [5, 5.41) is 23.1. The van der Waals surface area contributed by atoms with E-state index in [0.29, 0.717) is 10.4 Å². The number of nitriles is 1. The lowest BCUT2D eigenvalue weighted by molar-refractivity contribution is -0.144. The zero-order chi connectivity index (χ0) is 22.7. The van der Waals surface area contributed by atoms with E-state index in [0.717, 1.165) is 11.0 Å². The molecule has 0 unspecified atom stereocenters. The van der Waals surface area contributed by atoms with Crippen molar-refractivity contribution in [1.82, 2.24) is 34.7 Å². The number of carbonyl (C=O) groups excluding carboxylic acids is 1. The fraction of sp³-hybridized carbons (Fsp3) is 0.105. The Morgan fingerprint density at radius 2 is 1.88 bits per heavy atom. The van der Waals surface area contributed by atoms with Gasteiger partial charge in [0, 0.05) is 6.20 Å². The van der Waals surface area contributed by atoms with Crippen LogP contribution < -0.4 is 5.32 Å². The Kier molecular flexibility index (Phi) is 5.34. The summed E-state index contributed by atoms with van der Waals surface area (Å²) in [6.07, 6.45) is 1.40. The van der Waals surface area contributed by atoms with Gasteiger partial charge in [-0.1, -0.05) is 6.07 Å². The van der Waals surface area contributed by atoms with Crippen LogP contribution in [-0.2, 0) is 12.7 Å². The molecular weight excluding hydrogens is 427 g/mol. The third-order valence-corrected chi connectivity index (χ3v) is 4.24. The number of rotatable bonds is 5. The maximum atomic E-state index is 13.7. The highest BCUT2D eigenvalue weighted by molar-refractivity contribution is 6.05. The summed E-state index contributed by atoms with van der Waals surface area (Å²) in [5.74, 6) is -0.949. The summed E-state index contributed by atoms with van der Waals surface area (Å²) in [4.78, 5) is 21.8. The Morgan fingerprint density at radius 1 is 1.09 bits per heavy atom. The van der Waals surface area contributed by atoms with Crippen molar-refractivity contribution < 1.29 is 18.0 Å². The molecule has 4 aromatic heterocycles. The molecule has 10 nitrogen and oxygen atoms in total. The molecule has 0 aromatic carbocycles. The first-order valence-corrected chi connectivity index (χ1v) is 8.98. The molecule has 1 amide bonds. The van der Waals surface area contributed by atoms with Crippen LogP contribution in [0.1, 0.15) is 27.3 Å². The molecule has 0 fully saturated rings. The highest BCUT2D eigenvalue weighted by Crippen LogP contribution is 2.32. The van der Waals surface area contributed by atoms with Gasteiger partial charge in [0.15, 0.2) is 11.5 Å². The van der Waals surface area contributed by atoms with Crippen LogP contribution in [0.5, 0.6) is 0 Å². The van der Waals surface area contributed by atoms with Crippen molar-refractivity contribution in [1.29, 1.82) is 5.26 Å². The average Bonchev–Trinajstić information content (AvgIpc) is 3.44. The molecule has 1 N–H and O–H groups in total. The number of anilines is 1. The van der Waals surface area contributed by atoms with E-state index in [9.17, 15) is 23.2 Å². The van der Waals surface area contributed by atoms with Crippen LogP contribution in [0.15, 0.2) is 55.2 Å². The molecule has 0 saturated carbocycles. The van der Waals surface area contributed by atoms with Gasteiger partial charge in [-0.15, -0.1) is 4.80 Å². The third kappa shape index (κ3) is 4.15. The average molecular weight is 439 g/mol. The molecule has 0 spiro atoms. The highest BCUT2D eigenvalue weighted by Gasteiger charge is 2.40. The van der Waals surface area contributed by atoms with Crippen molar-refractivity contribution >= 4 is 11.6 Å². The minimum absolute atomic E-state index is 0.0147.